The van der Waals surface area contributed by atoms with Gasteiger partial charge in [0.1, 0.15) is 6.04 Å². The maximum atomic E-state index is 13.8. The topological polar surface area (TPSA) is 89.4 Å². The van der Waals surface area contributed by atoms with Crippen LogP contribution in [0.2, 0.25) is 0 Å². The van der Waals surface area contributed by atoms with Crippen molar-refractivity contribution in [3.05, 3.63) is 12.7 Å². The highest BCUT2D eigenvalue weighted by atomic mass is 16.2. The van der Waals surface area contributed by atoms with E-state index in [0.717, 1.165) is 45.1 Å². The average molecular weight is 431 g/mol. The molecule has 172 valence electrons. The van der Waals surface area contributed by atoms with Gasteiger partial charge in [-0.2, -0.15) is 0 Å². The van der Waals surface area contributed by atoms with Crippen LogP contribution < -0.4 is 10.6 Å². The normalized spacial score (nSPS) is 26.7. The molecule has 2 N–H and O–H groups in total. The van der Waals surface area contributed by atoms with Gasteiger partial charge in [0.2, 0.25) is 17.8 Å². The fraction of sp³-hybridized carbons (Fsp3) is 0.739. The van der Waals surface area contributed by atoms with Crippen LogP contribution in [0.15, 0.2) is 22.6 Å². The molecule has 8 nitrogen and oxygen atoms in total. The van der Waals surface area contributed by atoms with E-state index >= 15 is 0 Å². The summed E-state index contributed by atoms with van der Waals surface area (Å²) in [5, 5.41) is 6.09. The van der Waals surface area contributed by atoms with Crippen molar-refractivity contribution < 1.29 is 9.59 Å². The molecule has 0 aromatic carbocycles. The predicted octanol–water partition coefficient (Wildman–Crippen LogP) is 1.58. The Labute approximate surface area is 186 Å². The number of rotatable bonds is 6. The number of carbonyl (C=O) groups excluding carboxylic acids is 2. The summed E-state index contributed by atoms with van der Waals surface area (Å²) in [6, 6.07) is -0.385. The minimum absolute atomic E-state index is 0.0856. The Bertz CT molecular complexity index is 715. The Morgan fingerprint density at radius 2 is 1.71 bits per heavy atom. The molecule has 3 aliphatic rings. The molecule has 0 spiro atoms. The molecule has 8 heteroatoms. The van der Waals surface area contributed by atoms with Gasteiger partial charge in [-0.3, -0.25) is 14.6 Å². The summed E-state index contributed by atoms with van der Waals surface area (Å²) in [5.74, 6) is 0.898. The van der Waals surface area contributed by atoms with Crippen molar-refractivity contribution in [2.75, 3.05) is 27.2 Å². The van der Waals surface area contributed by atoms with Crippen LogP contribution in [-0.4, -0.2) is 85.1 Å². The minimum atomic E-state index is -0.436. The summed E-state index contributed by atoms with van der Waals surface area (Å²) < 4.78 is 0. The lowest BCUT2D eigenvalue weighted by atomic mass is 9.83. The largest absolute Gasteiger partial charge is 0.343 e. The van der Waals surface area contributed by atoms with Crippen molar-refractivity contribution in [1.82, 2.24) is 20.4 Å². The minimum Gasteiger partial charge on any atom is -0.343 e. The van der Waals surface area contributed by atoms with Crippen LogP contribution in [0, 0.1) is 5.92 Å². The number of likely N-dealkylation sites (tertiary alicyclic amines) is 2. The van der Waals surface area contributed by atoms with Crippen molar-refractivity contribution in [3.63, 3.8) is 0 Å². The predicted molar refractivity (Wildman–Crippen MR) is 124 cm³/mol. The van der Waals surface area contributed by atoms with E-state index < -0.39 is 6.04 Å². The molecule has 1 aliphatic carbocycles. The first-order valence-corrected chi connectivity index (χ1v) is 11.7. The van der Waals surface area contributed by atoms with Gasteiger partial charge >= 0.3 is 0 Å². The molecule has 3 fully saturated rings. The average Bonchev–Trinajstić information content (AvgIpc) is 3.40. The van der Waals surface area contributed by atoms with E-state index in [1.54, 1.807) is 26.4 Å². The summed E-state index contributed by atoms with van der Waals surface area (Å²) in [4.78, 5) is 39.4. The zero-order valence-corrected chi connectivity index (χ0v) is 19.2. The van der Waals surface area contributed by atoms with Crippen molar-refractivity contribution in [2.45, 2.75) is 76.0 Å². The number of likely N-dealkylation sites (N-methyl/N-ethyl adjacent to an activating group) is 1. The molecule has 1 saturated carbocycles. The van der Waals surface area contributed by atoms with E-state index in [4.69, 9.17) is 0 Å². The Hall–Kier alpha value is -2.22. The Morgan fingerprint density at radius 3 is 2.32 bits per heavy atom. The number of allylic oxidation sites excluding steroid dienone is 1. The Balaban J connectivity index is 1.75. The first kappa shape index (κ1) is 23.4. The van der Waals surface area contributed by atoms with Gasteiger partial charge in [-0.1, -0.05) is 31.9 Å². The number of fused-ring (bicyclic) bond motifs is 1. The van der Waals surface area contributed by atoms with Gasteiger partial charge < -0.3 is 20.4 Å². The monoisotopic (exact) mass is 430 g/mol. The molecular formula is C23H38N6O2. The van der Waals surface area contributed by atoms with Gasteiger partial charge in [-0.25, -0.2) is 4.99 Å². The molecule has 0 radical (unpaired) electrons. The van der Waals surface area contributed by atoms with Crippen LogP contribution in [0.4, 0.5) is 0 Å². The van der Waals surface area contributed by atoms with Gasteiger partial charge in [-0.15, -0.1) is 0 Å². The first-order valence-electron chi connectivity index (χ1n) is 11.7. The number of guanidine groups is 1. The molecule has 0 bridgehead atoms. The molecule has 3 rings (SSSR count). The lowest BCUT2D eigenvalue weighted by Gasteiger charge is -2.35. The number of nitrogens with zero attached hydrogens (tertiary/aromatic N) is 4. The fourth-order valence-corrected chi connectivity index (χ4v) is 5.32. The molecule has 4 atom stereocenters. The second-order valence-corrected chi connectivity index (χ2v) is 8.87. The molecule has 2 saturated heterocycles. The number of hydrogen-bond donors (Lipinski definition) is 2. The van der Waals surface area contributed by atoms with Crippen molar-refractivity contribution in [2.24, 2.45) is 15.9 Å². The maximum absolute atomic E-state index is 13.8. The van der Waals surface area contributed by atoms with E-state index in [2.05, 4.69) is 32.1 Å². The van der Waals surface area contributed by atoms with Gasteiger partial charge in [0, 0.05) is 26.4 Å². The SMILES string of the molecule is C=C/C=N\C(=NC)N1CCC2C1CCN2C(=O)C(NC(=O)[C@H](C)NC)C1CCCCC1. The van der Waals surface area contributed by atoms with Crippen LogP contribution in [0.25, 0.3) is 0 Å². The molecule has 0 aromatic heterocycles. The van der Waals surface area contributed by atoms with E-state index in [1.807, 2.05) is 11.8 Å². The Morgan fingerprint density at radius 1 is 1.06 bits per heavy atom. The van der Waals surface area contributed by atoms with Crippen LogP contribution in [0.5, 0.6) is 0 Å². The molecule has 2 aliphatic heterocycles. The number of nitrogens with one attached hydrogen (secondary N) is 2. The lowest BCUT2D eigenvalue weighted by molar-refractivity contribution is -0.139. The van der Waals surface area contributed by atoms with Crippen molar-refractivity contribution in [3.8, 4) is 0 Å². The first-order chi connectivity index (χ1) is 15.0. The molecule has 0 aromatic rings. The van der Waals surface area contributed by atoms with E-state index in [0.29, 0.717) is 12.5 Å². The number of carbonyl (C=O) groups is 2. The van der Waals surface area contributed by atoms with Gasteiger partial charge in [-0.05, 0) is 45.6 Å². The van der Waals surface area contributed by atoms with E-state index in [1.165, 1.54) is 6.42 Å². The Kier molecular flexibility index (Phi) is 8.23. The lowest BCUT2D eigenvalue weighted by Crippen LogP contribution is -2.56. The van der Waals surface area contributed by atoms with Crippen LogP contribution in [0.1, 0.15) is 51.9 Å². The maximum Gasteiger partial charge on any atom is 0.245 e. The van der Waals surface area contributed by atoms with Gasteiger partial charge in [0.15, 0.2) is 0 Å². The third-order valence-corrected chi connectivity index (χ3v) is 7.12. The highest BCUT2D eigenvalue weighted by Gasteiger charge is 2.47. The third kappa shape index (κ3) is 5.17. The molecule has 2 heterocycles. The molecule has 2 amide bonds. The highest BCUT2D eigenvalue weighted by molar-refractivity contribution is 5.92. The highest BCUT2D eigenvalue weighted by Crippen LogP contribution is 2.34. The quantitative estimate of drug-likeness (QED) is 0.495. The summed E-state index contributed by atoms with van der Waals surface area (Å²) in [6.07, 6.45) is 10.6. The standard InChI is InChI=1S/C23H38N6O2/c1-5-13-26-23(25-4)29-15-12-18-19(29)11-14-28(18)22(31)20(17-9-7-6-8-10-17)27-21(30)16(2)24-3/h5,13,16-20,24H,1,6-12,14-15H2,2-4H3,(H,27,30)/b25-23?,26-13-/t16-,18?,19?,20?/m0/s1. The second kappa shape index (κ2) is 10.9. The fourth-order valence-electron chi connectivity index (χ4n) is 5.32. The molecular weight excluding hydrogens is 392 g/mol. The van der Waals surface area contributed by atoms with Gasteiger partial charge in [0.05, 0.1) is 18.1 Å². The van der Waals surface area contributed by atoms with Crippen LogP contribution >= 0.6 is 0 Å². The number of hydrogen-bond acceptors (Lipinski definition) is 4. The number of aliphatic imine (C=N–C) groups is 2. The smallest absolute Gasteiger partial charge is 0.245 e. The van der Waals surface area contributed by atoms with Gasteiger partial charge in [0.25, 0.3) is 0 Å². The number of amides is 2. The zero-order valence-electron chi connectivity index (χ0n) is 19.2. The van der Waals surface area contributed by atoms with E-state index in [-0.39, 0.29) is 35.9 Å². The summed E-state index contributed by atoms with van der Waals surface area (Å²) in [6.45, 7) is 7.06. The summed E-state index contributed by atoms with van der Waals surface area (Å²) in [7, 11) is 3.51. The third-order valence-electron chi connectivity index (χ3n) is 7.12. The second-order valence-electron chi connectivity index (χ2n) is 8.87. The summed E-state index contributed by atoms with van der Waals surface area (Å²) >= 11 is 0. The summed E-state index contributed by atoms with van der Waals surface area (Å²) in [5.41, 5.74) is 0. The molecule has 31 heavy (non-hydrogen) atoms. The van der Waals surface area contributed by atoms with E-state index in [9.17, 15) is 9.59 Å². The van der Waals surface area contributed by atoms with Crippen LogP contribution in [0.3, 0.4) is 0 Å². The van der Waals surface area contributed by atoms with Crippen LogP contribution in [-0.2, 0) is 9.59 Å². The van der Waals surface area contributed by atoms with Crippen molar-refractivity contribution in [1.29, 1.82) is 0 Å². The molecule has 3 unspecified atom stereocenters. The van der Waals surface area contributed by atoms with Crippen molar-refractivity contribution >= 4 is 24.0 Å². The zero-order chi connectivity index (χ0) is 22.4.